The van der Waals surface area contributed by atoms with E-state index >= 15 is 0 Å². The van der Waals surface area contributed by atoms with Crippen LogP contribution in [0, 0.1) is 11.3 Å². The summed E-state index contributed by atoms with van der Waals surface area (Å²) in [7, 11) is 0. The molecule has 0 aromatic heterocycles. The third-order valence-corrected chi connectivity index (χ3v) is 5.02. The van der Waals surface area contributed by atoms with Gasteiger partial charge < -0.3 is 14.7 Å². The largest absolute Gasteiger partial charge is 0.444 e. The summed E-state index contributed by atoms with van der Waals surface area (Å²) in [5.41, 5.74) is 0.834. The molecule has 2 saturated heterocycles. The van der Waals surface area contributed by atoms with E-state index in [2.05, 4.69) is 29.2 Å². The van der Waals surface area contributed by atoms with E-state index in [1.165, 1.54) is 5.56 Å². The molecule has 2 aliphatic rings. The van der Waals surface area contributed by atoms with E-state index in [1.54, 1.807) is 4.90 Å². The molecule has 2 heterocycles. The van der Waals surface area contributed by atoms with Crippen LogP contribution in [0.5, 0.6) is 0 Å². The van der Waals surface area contributed by atoms with Crippen molar-refractivity contribution < 1.29 is 14.6 Å². The van der Waals surface area contributed by atoms with Crippen molar-refractivity contribution in [3.8, 4) is 0 Å². The van der Waals surface area contributed by atoms with E-state index in [-0.39, 0.29) is 24.0 Å². The van der Waals surface area contributed by atoms with Crippen LogP contribution in [0.3, 0.4) is 0 Å². The van der Waals surface area contributed by atoms with Crippen molar-refractivity contribution in [2.45, 2.75) is 32.9 Å². The molecule has 0 saturated carbocycles. The zero-order chi connectivity index (χ0) is 17.4. The molecule has 1 aromatic carbocycles. The van der Waals surface area contributed by atoms with Gasteiger partial charge in [-0.15, -0.1) is 0 Å². The van der Waals surface area contributed by atoms with Gasteiger partial charge in [0.05, 0.1) is 0 Å². The van der Waals surface area contributed by atoms with Crippen molar-refractivity contribution in [1.29, 1.82) is 0 Å². The Labute approximate surface area is 144 Å². The molecular formula is C19H28N2O3. The maximum absolute atomic E-state index is 12.2. The molecule has 1 aromatic rings. The molecule has 2 aliphatic heterocycles. The lowest BCUT2D eigenvalue weighted by atomic mass is 9.72. The number of amides is 1. The van der Waals surface area contributed by atoms with E-state index < -0.39 is 5.60 Å². The number of aliphatic hydroxyl groups is 1. The molecular weight excluding hydrogens is 304 g/mol. The lowest BCUT2D eigenvalue weighted by Gasteiger charge is -2.50. The minimum atomic E-state index is -0.467. The SMILES string of the molecule is CC(C)(C)OC(=O)N1CC2(CN(Cc3ccccc3)CC2CO)C1. The van der Waals surface area contributed by atoms with Crippen LogP contribution in [-0.2, 0) is 11.3 Å². The van der Waals surface area contributed by atoms with Crippen molar-refractivity contribution in [2.24, 2.45) is 11.3 Å². The second kappa shape index (κ2) is 6.37. The molecule has 1 N–H and O–H groups in total. The summed E-state index contributed by atoms with van der Waals surface area (Å²) >= 11 is 0. The van der Waals surface area contributed by atoms with Gasteiger partial charge in [-0.05, 0) is 26.3 Å². The number of rotatable bonds is 3. The first-order valence-electron chi connectivity index (χ1n) is 8.66. The third-order valence-electron chi connectivity index (χ3n) is 5.02. The summed E-state index contributed by atoms with van der Waals surface area (Å²) < 4.78 is 5.45. The number of likely N-dealkylation sites (tertiary alicyclic amines) is 2. The van der Waals surface area contributed by atoms with Gasteiger partial charge in [0.25, 0.3) is 0 Å². The molecule has 0 bridgehead atoms. The average Bonchev–Trinajstić information content (AvgIpc) is 2.83. The van der Waals surface area contributed by atoms with E-state index in [0.717, 1.165) is 19.6 Å². The Hall–Kier alpha value is -1.59. The number of benzene rings is 1. The molecule has 0 aliphatic carbocycles. The lowest BCUT2D eigenvalue weighted by Crippen LogP contribution is -2.63. The number of hydrogen-bond acceptors (Lipinski definition) is 4. The van der Waals surface area contributed by atoms with Gasteiger partial charge in [0.1, 0.15) is 5.60 Å². The van der Waals surface area contributed by atoms with E-state index in [9.17, 15) is 9.90 Å². The zero-order valence-corrected chi connectivity index (χ0v) is 14.9. The van der Waals surface area contributed by atoms with Crippen molar-refractivity contribution in [2.75, 3.05) is 32.8 Å². The van der Waals surface area contributed by atoms with E-state index in [4.69, 9.17) is 4.74 Å². The molecule has 1 amide bonds. The Kier molecular flexibility index (Phi) is 4.58. The quantitative estimate of drug-likeness (QED) is 0.923. The molecule has 1 unspecified atom stereocenters. The van der Waals surface area contributed by atoms with Crippen LogP contribution in [0.1, 0.15) is 26.3 Å². The predicted molar refractivity (Wildman–Crippen MR) is 92.5 cm³/mol. The minimum absolute atomic E-state index is 0.0143. The number of ether oxygens (including phenoxy) is 1. The van der Waals surface area contributed by atoms with E-state index in [1.807, 2.05) is 26.8 Å². The highest BCUT2D eigenvalue weighted by Gasteiger charge is 2.55. The maximum Gasteiger partial charge on any atom is 0.410 e. The van der Waals surface area contributed by atoms with Gasteiger partial charge in [-0.25, -0.2) is 4.79 Å². The van der Waals surface area contributed by atoms with Crippen LogP contribution < -0.4 is 0 Å². The molecule has 2 fully saturated rings. The maximum atomic E-state index is 12.2. The van der Waals surface area contributed by atoms with Crippen molar-refractivity contribution in [1.82, 2.24) is 9.80 Å². The third kappa shape index (κ3) is 3.57. The number of carbonyl (C=O) groups excluding carboxylic acids is 1. The highest BCUT2D eigenvalue weighted by atomic mass is 16.6. The predicted octanol–water partition coefficient (Wildman–Crippen LogP) is 2.35. The number of aliphatic hydroxyl groups excluding tert-OH is 1. The summed E-state index contributed by atoms with van der Waals surface area (Å²) in [5.74, 6) is 0.222. The Balaban J connectivity index is 1.59. The molecule has 1 atom stereocenters. The average molecular weight is 332 g/mol. The fourth-order valence-electron chi connectivity index (χ4n) is 3.89. The molecule has 3 rings (SSSR count). The smallest absolute Gasteiger partial charge is 0.410 e. The molecule has 24 heavy (non-hydrogen) atoms. The summed E-state index contributed by atoms with van der Waals surface area (Å²) in [6, 6.07) is 10.4. The normalized spacial score (nSPS) is 23.3. The topological polar surface area (TPSA) is 53.0 Å². The zero-order valence-electron chi connectivity index (χ0n) is 14.9. The van der Waals surface area contributed by atoms with Gasteiger partial charge in [0.2, 0.25) is 0 Å². The molecule has 5 heteroatoms. The van der Waals surface area contributed by atoms with Gasteiger partial charge in [-0.1, -0.05) is 30.3 Å². The minimum Gasteiger partial charge on any atom is -0.444 e. The van der Waals surface area contributed by atoms with Gasteiger partial charge in [-0.2, -0.15) is 0 Å². The summed E-state index contributed by atoms with van der Waals surface area (Å²) in [6.45, 7) is 9.88. The fraction of sp³-hybridized carbons (Fsp3) is 0.632. The van der Waals surface area contributed by atoms with Crippen LogP contribution in [-0.4, -0.2) is 59.4 Å². The second-order valence-electron chi connectivity index (χ2n) is 8.23. The van der Waals surface area contributed by atoms with Crippen molar-refractivity contribution in [3.63, 3.8) is 0 Å². The first kappa shape index (κ1) is 17.2. The Bertz CT molecular complexity index is 576. The number of hydrogen-bond donors (Lipinski definition) is 1. The highest BCUT2D eigenvalue weighted by molar-refractivity contribution is 5.69. The summed E-state index contributed by atoms with van der Waals surface area (Å²) in [5, 5.41) is 9.80. The molecule has 0 radical (unpaired) electrons. The Morgan fingerprint density at radius 1 is 1.25 bits per heavy atom. The van der Waals surface area contributed by atoms with Gasteiger partial charge in [-0.3, -0.25) is 4.90 Å². The first-order chi connectivity index (χ1) is 11.3. The van der Waals surface area contributed by atoms with E-state index in [0.29, 0.717) is 13.1 Å². The fourth-order valence-corrected chi connectivity index (χ4v) is 3.89. The molecule has 132 valence electrons. The van der Waals surface area contributed by atoms with Crippen molar-refractivity contribution in [3.05, 3.63) is 35.9 Å². The standard InChI is InChI=1S/C19H28N2O3/c1-18(2,3)24-17(23)21-13-19(14-21)12-20(10-16(19)11-22)9-15-7-5-4-6-8-15/h4-8,16,22H,9-14H2,1-3H3. The van der Waals surface area contributed by atoms with Gasteiger partial charge in [0.15, 0.2) is 0 Å². The number of carbonyl (C=O) groups is 1. The van der Waals surface area contributed by atoms with Crippen LogP contribution in [0.2, 0.25) is 0 Å². The van der Waals surface area contributed by atoms with Gasteiger partial charge in [0, 0.05) is 50.7 Å². The van der Waals surface area contributed by atoms with Crippen molar-refractivity contribution >= 4 is 6.09 Å². The number of nitrogens with zero attached hydrogens (tertiary/aromatic N) is 2. The first-order valence-corrected chi connectivity index (χ1v) is 8.66. The lowest BCUT2D eigenvalue weighted by molar-refractivity contribution is -0.0531. The summed E-state index contributed by atoms with van der Waals surface area (Å²) in [6.07, 6.45) is -0.244. The highest BCUT2D eigenvalue weighted by Crippen LogP contribution is 2.44. The molecule has 5 nitrogen and oxygen atoms in total. The van der Waals surface area contributed by atoms with Crippen LogP contribution in [0.15, 0.2) is 30.3 Å². The second-order valence-corrected chi connectivity index (χ2v) is 8.23. The van der Waals surface area contributed by atoms with Crippen LogP contribution in [0.4, 0.5) is 4.79 Å². The summed E-state index contributed by atoms with van der Waals surface area (Å²) in [4.78, 5) is 16.3. The van der Waals surface area contributed by atoms with Gasteiger partial charge >= 0.3 is 6.09 Å². The molecule has 1 spiro atoms. The monoisotopic (exact) mass is 332 g/mol. The Morgan fingerprint density at radius 3 is 2.50 bits per heavy atom. The Morgan fingerprint density at radius 2 is 1.92 bits per heavy atom. The van der Waals surface area contributed by atoms with Crippen LogP contribution in [0.25, 0.3) is 0 Å². The van der Waals surface area contributed by atoms with Crippen LogP contribution >= 0.6 is 0 Å².